The average Bonchev–Trinajstić information content (AvgIpc) is 3.12. The predicted molar refractivity (Wildman–Crippen MR) is 92.9 cm³/mol. The van der Waals surface area contributed by atoms with E-state index in [0.29, 0.717) is 11.3 Å². The van der Waals surface area contributed by atoms with Crippen LogP contribution in [0, 0.1) is 23.7 Å². The van der Waals surface area contributed by atoms with Crippen molar-refractivity contribution < 1.29 is 14.4 Å². The number of alkyl halides is 2. The molecule has 1 saturated heterocycles. The number of hydrogen-bond donors (Lipinski definition) is 0. The summed E-state index contributed by atoms with van der Waals surface area (Å²) < 4.78 is 0. The van der Waals surface area contributed by atoms with Crippen molar-refractivity contribution in [1.82, 2.24) is 0 Å². The monoisotopic (exact) mass is 439 g/mol. The molecule has 3 fully saturated rings. The molecule has 23 heavy (non-hydrogen) atoms. The zero-order valence-corrected chi connectivity index (χ0v) is 15.6. The molecule has 2 bridgehead atoms. The van der Waals surface area contributed by atoms with Gasteiger partial charge in [-0.1, -0.05) is 31.9 Å². The number of hydrogen-bond acceptors (Lipinski definition) is 3. The number of amides is 2. The van der Waals surface area contributed by atoms with E-state index in [1.54, 1.807) is 24.3 Å². The molecule has 2 saturated carbocycles. The quantitative estimate of drug-likeness (QED) is 0.403. The van der Waals surface area contributed by atoms with Gasteiger partial charge in [0.1, 0.15) is 0 Å². The summed E-state index contributed by atoms with van der Waals surface area (Å²) in [5, 5.41) is 0. The number of Topliss-reactive ketones (excluding diaryl/α,β-unsaturated/α-hetero) is 1. The summed E-state index contributed by atoms with van der Waals surface area (Å²) in [6, 6.07) is 6.71. The lowest BCUT2D eigenvalue weighted by Crippen LogP contribution is -2.37. The molecule has 3 aliphatic rings. The first-order valence-corrected chi connectivity index (χ1v) is 9.52. The molecular weight excluding hydrogens is 426 g/mol. The summed E-state index contributed by atoms with van der Waals surface area (Å²) in [6.07, 6.45) is 0.926. The minimum Gasteiger partial charge on any atom is -0.295 e. The van der Waals surface area contributed by atoms with Crippen LogP contribution in [0.3, 0.4) is 0 Å². The van der Waals surface area contributed by atoms with Gasteiger partial charge in [-0.15, -0.1) is 0 Å². The van der Waals surface area contributed by atoms with Crippen LogP contribution in [-0.4, -0.2) is 27.3 Å². The van der Waals surface area contributed by atoms with Gasteiger partial charge in [-0.25, -0.2) is 0 Å². The maximum absolute atomic E-state index is 12.9. The second kappa shape index (κ2) is 5.24. The topological polar surface area (TPSA) is 54.5 Å². The van der Waals surface area contributed by atoms with Gasteiger partial charge in [-0.2, -0.15) is 0 Å². The standard InChI is InChI=1S/C17H15Br2NO3/c1-7(21)8-2-4-9(5-3-8)20-16(22)12-10-6-11(13(12)17(20)23)15(19)14(10)18/h2-5,10-15H,6H2,1H3/t10-,11+,12-,13-,14-,15+/m0/s1. The first-order chi connectivity index (χ1) is 10.9. The highest BCUT2D eigenvalue weighted by molar-refractivity contribution is 9.12. The number of halogens is 2. The third-order valence-electron chi connectivity index (χ3n) is 5.52. The summed E-state index contributed by atoms with van der Waals surface area (Å²) in [5.41, 5.74) is 1.14. The molecule has 1 aromatic carbocycles. The molecule has 2 aliphatic carbocycles. The van der Waals surface area contributed by atoms with Gasteiger partial charge < -0.3 is 0 Å². The molecule has 2 amide bonds. The zero-order valence-electron chi connectivity index (χ0n) is 12.4. The highest BCUT2D eigenvalue weighted by atomic mass is 79.9. The Kier molecular flexibility index (Phi) is 3.54. The molecular formula is C17H15Br2NO3. The Balaban J connectivity index is 1.68. The van der Waals surface area contributed by atoms with Crippen LogP contribution in [0.1, 0.15) is 23.7 Å². The predicted octanol–water partition coefficient (Wildman–Crippen LogP) is 3.17. The number of ketones is 1. The third-order valence-corrected chi connectivity index (χ3v) is 8.73. The fourth-order valence-corrected chi connectivity index (χ4v) is 6.32. The molecule has 4 rings (SSSR count). The normalized spacial score (nSPS) is 38.3. The Morgan fingerprint density at radius 3 is 1.91 bits per heavy atom. The number of rotatable bonds is 2. The highest BCUT2D eigenvalue weighted by Crippen LogP contribution is 2.60. The molecule has 0 radical (unpaired) electrons. The van der Waals surface area contributed by atoms with E-state index < -0.39 is 0 Å². The summed E-state index contributed by atoms with van der Waals surface area (Å²) in [6.45, 7) is 1.50. The SMILES string of the molecule is CC(=O)c1ccc(N2C(=O)[C@H]3[C@@H]4C[C@@H]([C@@H](Br)[C@H]4Br)[C@@H]3C2=O)cc1. The van der Waals surface area contributed by atoms with E-state index in [9.17, 15) is 14.4 Å². The lowest BCUT2D eigenvalue weighted by atomic mass is 9.81. The number of carbonyl (C=O) groups excluding carboxylic acids is 3. The summed E-state index contributed by atoms with van der Waals surface area (Å²) in [5.74, 6) is -0.204. The maximum Gasteiger partial charge on any atom is 0.238 e. The van der Waals surface area contributed by atoms with Gasteiger partial charge >= 0.3 is 0 Å². The molecule has 1 aliphatic heterocycles. The molecule has 120 valence electrons. The first kappa shape index (κ1) is 15.5. The first-order valence-electron chi connectivity index (χ1n) is 7.68. The minimum absolute atomic E-state index is 0.0326. The lowest BCUT2D eigenvalue weighted by molar-refractivity contribution is -0.123. The Bertz CT molecular complexity index is 685. The van der Waals surface area contributed by atoms with E-state index in [-0.39, 0.29) is 50.9 Å². The van der Waals surface area contributed by atoms with Crippen LogP contribution >= 0.6 is 31.9 Å². The van der Waals surface area contributed by atoms with E-state index in [4.69, 9.17) is 0 Å². The number of benzene rings is 1. The van der Waals surface area contributed by atoms with Gasteiger partial charge in [-0.3, -0.25) is 19.3 Å². The smallest absolute Gasteiger partial charge is 0.238 e. The third kappa shape index (κ3) is 2.03. The lowest BCUT2D eigenvalue weighted by Gasteiger charge is -2.28. The molecule has 0 unspecified atom stereocenters. The molecule has 0 N–H and O–H groups in total. The fraction of sp³-hybridized carbons (Fsp3) is 0.471. The van der Waals surface area contributed by atoms with Crippen molar-refractivity contribution in [3.8, 4) is 0 Å². The Morgan fingerprint density at radius 1 is 1.00 bits per heavy atom. The van der Waals surface area contributed by atoms with Crippen LogP contribution in [-0.2, 0) is 9.59 Å². The van der Waals surface area contributed by atoms with Gasteiger partial charge in [0.15, 0.2) is 5.78 Å². The van der Waals surface area contributed by atoms with Crippen LogP contribution in [0.25, 0.3) is 0 Å². The van der Waals surface area contributed by atoms with E-state index >= 15 is 0 Å². The number of fused-ring (bicyclic) bond motifs is 5. The van der Waals surface area contributed by atoms with Crippen molar-refractivity contribution in [2.75, 3.05) is 4.90 Å². The number of imide groups is 1. The van der Waals surface area contributed by atoms with E-state index in [2.05, 4.69) is 31.9 Å². The highest BCUT2D eigenvalue weighted by Gasteiger charge is 2.66. The van der Waals surface area contributed by atoms with Crippen LogP contribution in [0.15, 0.2) is 24.3 Å². The number of carbonyl (C=O) groups is 3. The Hall–Kier alpha value is -1.01. The molecule has 0 aromatic heterocycles. The number of anilines is 1. The zero-order chi connectivity index (χ0) is 16.5. The van der Waals surface area contributed by atoms with E-state index in [1.165, 1.54) is 11.8 Å². The maximum atomic E-state index is 12.9. The van der Waals surface area contributed by atoms with Crippen molar-refractivity contribution in [3.63, 3.8) is 0 Å². The fourth-order valence-electron chi connectivity index (χ4n) is 4.45. The Labute approximate surface area is 150 Å². The van der Waals surface area contributed by atoms with Gasteiger partial charge in [0.2, 0.25) is 11.8 Å². The molecule has 6 atom stereocenters. The van der Waals surface area contributed by atoms with Crippen molar-refractivity contribution in [3.05, 3.63) is 29.8 Å². The van der Waals surface area contributed by atoms with E-state index in [0.717, 1.165) is 6.42 Å². The Morgan fingerprint density at radius 2 is 1.48 bits per heavy atom. The second-order valence-electron chi connectivity index (χ2n) is 6.62. The van der Waals surface area contributed by atoms with Crippen molar-refractivity contribution in [2.24, 2.45) is 23.7 Å². The van der Waals surface area contributed by atoms with Crippen LogP contribution in [0.5, 0.6) is 0 Å². The van der Waals surface area contributed by atoms with Gasteiger partial charge in [-0.05, 0) is 49.4 Å². The van der Waals surface area contributed by atoms with Gasteiger partial charge in [0.25, 0.3) is 0 Å². The van der Waals surface area contributed by atoms with Crippen molar-refractivity contribution >= 4 is 55.1 Å². The van der Waals surface area contributed by atoms with Crippen LogP contribution < -0.4 is 4.90 Å². The largest absolute Gasteiger partial charge is 0.295 e. The molecule has 6 heteroatoms. The molecule has 4 nitrogen and oxygen atoms in total. The molecule has 1 aromatic rings. The van der Waals surface area contributed by atoms with Gasteiger partial charge in [0, 0.05) is 15.2 Å². The van der Waals surface area contributed by atoms with Crippen LogP contribution in [0.2, 0.25) is 0 Å². The van der Waals surface area contributed by atoms with Crippen molar-refractivity contribution in [2.45, 2.75) is 23.0 Å². The average molecular weight is 441 g/mol. The summed E-state index contributed by atoms with van der Waals surface area (Å²) in [4.78, 5) is 38.9. The molecule has 1 heterocycles. The van der Waals surface area contributed by atoms with Crippen LogP contribution in [0.4, 0.5) is 5.69 Å². The minimum atomic E-state index is -0.210. The second-order valence-corrected chi connectivity index (χ2v) is 8.73. The summed E-state index contributed by atoms with van der Waals surface area (Å²) in [7, 11) is 0. The van der Waals surface area contributed by atoms with Crippen molar-refractivity contribution in [1.29, 1.82) is 0 Å². The molecule has 0 spiro atoms. The van der Waals surface area contributed by atoms with E-state index in [1.807, 2.05) is 0 Å². The van der Waals surface area contributed by atoms with Gasteiger partial charge in [0.05, 0.1) is 17.5 Å². The number of nitrogens with zero attached hydrogens (tertiary/aromatic N) is 1. The summed E-state index contributed by atoms with van der Waals surface area (Å²) >= 11 is 7.36.